The summed E-state index contributed by atoms with van der Waals surface area (Å²) in [6, 6.07) is 0. The van der Waals surface area contributed by atoms with Crippen molar-refractivity contribution in [3.63, 3.8) is 0 Å². The maximum atomic E-state index is 12.5. The van der Waals surface area contributed by atoms with Crippen molar-refractivity contribution in [2.75, 3.05) is 19.8 Å². The summed E-state index contributed by atoms with van der Waals surface area (Å²) in [5, 5.41) is 0. The quantitative estimate of drug-likeness (QED) is 0.0366. The van der Waals surface area contributed by atoms with Crippen molar-refractivity contribution in [2.24, 2.45) is 0 Å². The third-order valence-electron chi connectivity index (χ3n) is 8.13. The van der Waals surface area contributed by atoms with E-state index in [0.717, 1.165) is 89.9 Å². The lowest BCUT2D eigenvalue weighted by molar-refractivity contribution is -0.162. The van der Waals surface area contributed by atoms with E-state index >= 15 is 0 Å². The highest BCUT2D eigenvalue weighted by Crippen LogP contribution is 2.10. The van der Waals surface area contributed by atoms with Crippen LogP contribution in [0.1, 0.15) is 162 Å². The van der Waals surface area contributed by atoms with Crippen molar-refractivity contribution in [1.82, 2.24) is 0 Å². The molecule has 0 amide bonds. The van der Waals surface area contributed by atoms with Gasteiger partial charge in [-0.1, -0.05) is 163 Å². The van der Waals surface area contributed by atoms with E-state index in [0.29, 0.717) is 25.9 Å². The van der Waals surface area contributed by atoms with Gasteiger partial charge in [-0.05, 0) is 83.5 Å². The molecule has 52 heavy (non-hydrogen) atoms. The molecule has 0 heterocycles. The number of allylic oxidation sites excluding steroid dienone is 16. The van der Waals surface area contributed by atoms with Crippen LogP contribution in [0.2, 0.25) is 0 Å². The molecule has 1 atom stereocenters. The van der Waals surface area contributed by atoms with Crippen LogP contribution >= 0.6 is 0 Å². The van der Waals surface area contributed by atoms with Crippen LogP contribution in [-0.2, 0) is 23.8 Å². The first-order valence-corrected chi connectivity index (χ1v) is 20.8. The number of hydrogen-bond acceptors (Lipinski definition) is 5. The van der Waals surface area contributed by atoms with Gasteiger partial charge in [0.1, 0.15) is 6.61 Å². The first-order valence-electron chi connectivity index (χ1n) is 20.8. The van der Waals surface area contributed by atoms with Crippen molar-refractivity contribution in [1.29, 1.82) is 0 Å². The van der Waals surface area contributed by atoms with Gasteiger partial charge in [-0.15, -0.1) is 0 Å². The Morgan fingerprint density at radius 3 is 1.46 bits per heavy atom. The van der Waals surface area contributed by atoms with Crippen LogP contribution in [0.25, 0.3) is 0 Å². The number of carbonyl (C=O) groups excluding carboxylic acids is 2. The number of ether oxygens (including phenoxy) is 3. The smallest absolute Gasteiger partial charge is 0.306 e. The van der Waals surface area contributed by atoms with Gasteiger partial charge in [0.25, 0.3) is 0 Å². The second-order valence-corrected chi connectivity index (χ2v) is 13.1. The summed E-state index contributed by atoms with van der Waals surface area (Å²) in [6.07, 6.45) is 55.9. The van der Waals surface area contributed by atoms with Gasteiger partial charge >= 0.3 is 11.9 Å². The predicted octanol–water partition coefficient (Wildman–Crippen LogP) is 13.5. The van der Waals surface area contributed by atoms with Gasteiger partial charge in [-0.3, -0.25) is 9.59 Å². The first kappa shape index (κ1) is 48.8. The average Bonchev–Trinajstić information content (AvgIpc) is 3.14. The monoisotopic (exact) mass is 721 g/mol. The minimum absolute atomic E-state index is 0.0336. The molecule has 0 aliphatic rings. The molecule has 0 saturated carbocycles. The third-order valence-corrected chi connectivity index (χ3v) is 8.13. The SMILES string of the molecule is CC/C=C\C/C=C\C/C=C\C/C=C\CCCCCCCOCC(COC(=O)CC/C=C\C/C=C\C/C=C\C/C=C\CC)OC(=O)CCCCCCC. The van der Waals surface area contributed by atoms with Crippen LogP contribution in [0, 0.1) is 0 Å². The predicted molar refractivity (Wildman–Crippen MR) is 223 cm³/mol. The lowest BCUT2D eigenvalue weighted by atomic mass is 10.1. The maximum absolute atomic E-state index is 12.5. The molecule has 1 unspecified atom stereocenters. The van der Waals surface area contributed by atoms with E-state index in [9.17, 15) is 9.59 Å². The van der Waals surface area contributed by atoms with Gasteiger partial charge in [-0.25, -0.2) is 0 Å². The van der Waals surface area contributed by atoms with Crippen LogP contribution in [0.5, 0.6) is 0 Å². The highest BCUT2D eigenvalue weighted by molar-refractivity contribution is 5.70. The zero-order valence-corrected chi connectivity index (χ0v) is 33.5. The number of carbonyl (C=O) groups is 2. The van der Waals surface area contributed by atoms with E-state index in [1.54, 1.807) is 0 Å². The maximum Gasteiger partial charge on any atom is 0.306 e. The van der Waals surface area contributed by atoms with Crippen LogP contribution in [0.4, 0.5) is 0 Å². The van der Waals surface area contributed by atoms with Crippen molar-refractivity contribution in [3.05, 3.63) is 97.2 Å². The van der Waals surface area contributed by atoms with Crippen molar-refractivity contribution >= 4 is 11.9 Å². The lowest BCUT2D eigenvalue weighted by Crippen LogP contribution is -2.30. The summed E-state index contributed by atoms with van der Waals surface area (Å²) in [5.74, 6) is -0.525. The third kappa shape index (κ3) is 39.6. The Hall–Kier alpha value is -3.18. The standard InChI is InChI=1S/C47H76O5/c1-4-7-10-13-15-17-19-21-22-23-24-25-27-29-31-33-36-39-42-50-43-45(52-47(49)41-38-34-12-9-6-3)44-51-46(48)40-37-35-32-30-28-26-20-18-16-14-11-8-5-2/h7-8,10-11,15-18,21-22,24-26,28,32,35,45H,4-6,9,12-14,19-20,23,27,29-31,33-34,36-44H2,1-3H3/b10-7-,11-8-,17-15-,18-16-,22-21-,25-24-,28-26-,35-32-. The van der Waals surface area contributed by atoms with E-state index in [1.165, 1.54) is 32.1 Å². The largest absolute Gasteiger partial charge is 0.462 e. The molecule has 0 aromatic carbocycles. The summed E-state index contributed by atoms with van der Waals surface area (Å²) in [7, 11) is 0. The molecule has 0 aromatic rings. The molecule has 5 heteroatoms. The average molecular weight is 721 g/mol. The molecule has 0 aromatic heterocycles. The molecule has 0 radical (unpaired) electrons. The number of unbranched alkanes of at least 4 members (excludes halogenated alkanes) is 9. The molecule has 0 saturated heterocycles. The highest BCUT2D eigenvalue weighted by atomic mass is 16.6. The molecule has 0 bridgehead atoms. The van der Waals surface area contributed by atoms with E-state index in [4.69, 9.17) is 14.2 Å². The molecule has 0 rings (SSSR count). The van der Waals surface area contributed by atoms with Crippen molar-refractivity contribution in [2.45, 2.75) is 168 Å². The van der Waals surface area contributed by atoms with E-state index in [1.807, 2.05) is 6.08 Å². The summed E-state index contributed by atoms with van der Waals surface area (Å²) in [4.78, 5) is 24.9. The summed E-state index contributed by atoms with van der Waals surface area (Å²) >= 11 is 0. The van der Waals surface area contributed by atoms with Gasteiger partial charge in [0.15, 0.2) is 6.10 Å². The van der Waals surface area contributed by atoms with Gasteiger partial charge in [0.05, 0.1) is 6.61 Å². The second kappa shape index (κ2) is 42.2. The molecule has 0 fully saturated rings. The Kier molecular flexibility index (Phi) is 39.7. The molecular weight excluding hydrogens is 645 g/mol. The number of hydrogen-bond donors (Lipinski definition) is 0. The summed E-state index contributed by atoms with van der Waals surface area (Å²) < 4.78 is 17.1. The van der Waals surface area contributed by atoms with E-state index in [-0.39, 0.29) is 25.2 Å². The zero-order chi connectivity index (χ0) is 37.8. The minimum Gasteiger partial charge on any atom is -0.462 e. The number of esters is 2. The van der Waals surface area contributed by atoms with Gasteiger partial charge in [-0.2, -0.15) is 0 Å². The molecule has 0 aliphatic heterocycles. The fourth-order valence-corrected chi connectivity index (χ4v) is 5.10. The zero-order valence-electron chi connectivity index (χ0n) is 33.5. The van der Waals surface area contributed by atoms with Crippen molar-refractivity contribution in [3.8, 4) is 0 Å². The van der Waals surface area contributed by atoms with E-state index < -0.39 is 6.10 Å². The van der Waals surface area contributed by atoms with Crippen LogP contribution in [0.15, 0.2) is 97.2 Å². The first-order chi connectivity index (χ1) is 25.6. The fraction of sp³-hybridized carbons (Fsp3) is 0.617. The topological polar surface area (TPSA) is 61.8 Å². The van der Waals surface area contributed by atoms with Crippen LogP contribution in [0.3, 0.4) is 0 Å². The van der Waals surface area contributed by atoms with Gasteiger partial charge in [0, 0.05) is 19.4 Å². The fourth-order valence-electron chi connectivity index (χ4n) is 5.10. The van der Waals surface area contributed by atoms with Crippen molar-refractivity contribution < 1.29 is 23.8 Å². The molecule has 5 nitrogen and oxygen atoms in total. The Morgan fingerprint density at radius 1 is 0.442 bits per heavy atom. The normalized spacial score (nSPS) is 13.2. The second-order valence-electron chi connectivity index (χ2n) is 13.1. The Bertz CT molecular complexity index is 1040. The minimum atomic E-state index is -0.574. The van der Waals surface area contributed by atoms with E-state index in [2.05, 4.69) is 112 Å². The van der Waals surface area contributed by atoms with Crippen LogP contribution in [-0.4, -0.2) is 37.9 Å². The summed E-state index contributed by atoms with van der Waals surface area (Å²) in [5.41, 5.74) is 0. The van der Waals surface area contributed by atoms with Crippen LogP contribution < -0.4 is 0 Å². The summed E-state index contributed by atoms with van der Waals surface area (Å²) in [6.45, 7) is 7.37. The molecule has 0 N–H and O–H groups in total. The Balaban J connectivity index is 4.23. The molecular formula is C47H76O5. The number of rotatable bonds is 36. The lowest BCUT2D eigenvalue weighted by Gasteiger charge is -2.18. The highest BCUT2D eigenvalue weighted by Gasteiger charge is 2.17. The van der Waals surface area contributed by atoms with Gasteiger partial charge < -0.3 is 14.2 Å². The molecule has 0 aliphatic carbocycles. The molecule has 294 valence electrons. The van der Waals surface area contributed by atoms with Gasteiger partial charge in [0.2, 0.25) is 0 Å². The Morgan fingerprint density at radius 2 is 0.904 bits per heavy atom. The Labute approximate surface area is 320 Å². The molecule has 0 spiro atoms.